The lowest BCUT2D eigenvalue weighted by Crippen LogP contribution is -2.38. The smallest absolute Gasteiger partial charge is 0.318 e. The van der Waals surface area contributed by atoms with Gasteiger partial charge in [-0.3, -0.25) is 10.1 Å². The molecule has 1 aromatic rings. The van der Waals surface area contributed by atoms with Crippen molar-refractivity contribution in [3.8, 4) is 5.75 Å². The van der Waals surface area contributed by atoms with Gasteiger partial charge < -0.3 is 15.8 Å². The minimum Gasteiger partial charge on any atom is -0.481 e. The molecule has 1 saturated carbocycles. The van der Waals surface area contributed by atoms with Crippen molar-refractivity contribution in [2.45, 2.75) is 25.4 Å². The Balaban J connectivity index is 1.84. The Hall–Kier alpha value is -2.15. The van der Waals surface area contributed by atoms with Gasteiger partial charge in [0.15, 0.2) is 18.2 Å². The van der Waals surface area contributed by atoms with Gasteiger partial charge in [0.05, 0.1) is 0 Å². The normalized spacial score (nSPS) is 13.8. The highest BCUT2D eigenvalue weighted by atomic mass is 19.1. The van der Waals surface area contributed by atoms with E-state index in [-0.39, 0.29) is 5.75 Å². The molecule has 1 aliphatic rings. The number of urea groups is 1. The zero-order chi connectivity index (χ0) is 14.5. The standard InChI is InChI=1S/C13H16FN3O3/c14-10-5-8(6-16-9-2-3-9)1-4-11(10)20-7-12(18)17-13(15)19/h1,4-5,9,16H,2-3,6-7H2,(H3,15,17,18,19). The summed E-state index contributed by atoms with van der Waals surface area (Å²) in [5.41, 5.74) is 5.58. The Morgan fingerprint density at radius 3 is 2.75 bits per heavy atom. The van der Waals surface area contributed by atoms with Crippen molar-refractivity contribution in [1.29, 1.82) is 0 Å². The molecule has 108 valence electrons. The Morgan fingerprint density at radius 2 is 2.15 bits per heavy atom. The molecule has 0 saturated heterocycles. The third kappa shape index (κ3) is 4.51. The van der Waals surface area contributed by atoms with Gasteiger partial charge in [-0.1, -0.05) is 6.07 Å². The topological polar surface area (TPSA) is 93.5 Å². The SMILES string of the molecule is NC(=O)NC(=O)COc1ccc(CNC2CC2)cc1F. The number of hydrogen-bond acceptors (Lipinski definition) is 4. The van der Waals surface area contributed by atoms with Gasteiger partial charge in [0, 0.05) is 12.6 Å². The van der Waals surface area contributed by atoms with Crippen molar-refractivity contribution >= 4 is 11.9 Å². The lowest BCUT2D eigenvalue weighted by molar-refractivity contribution is -0.121. The number of primary amides is 1. The summed E-state index contributed by atoms with van der Waals surface area (Å²) in [6.07, 6.45) is 2.33. The second kappa shape index (κ2) is 6.33. The first-order chi connectivity index (χ1) is 9.54. The molecule has 0 radical (unpaired) electrons. The van der Waals surface area contributed by atoms with Gasteiger partial charge in [0.1, 0.15) is 0 Å². The summed E-state index contributed by atoms with van der Waals surface area (Å²) in [5, 5.41) is 5.09. The quantitative estimate of drug-likeness (QED) is 0.713. The summed E-state index contributed by atoms with van der Waals surface area (Å²) < 4.78 is 18.7. The lowest BCUT2D eigenvalue weighted by atomic mass is 10.2. The maximum Gasteiger partial charge on any atom is 0.318 e. The highest BCUT2D eigenvalue weighted by Gasteiger charge is 2.20. The molecule has 1 aromatic carbocycles. The average Bonchev–Trinajstić information content (AvgIpc) is 3.18. The maximum absolute atomic E-state index is 13.7. The predicted octanol–water partition coefficient (Wildman–Crippen LogP) is 0.651. The maximum atomic E-state index is 13.7. The Kier molecular flexibility index (Phi) is 4.52. The van der Waals surface area contributed by atoms with Crippen LogP contribution in [-0.4, -0.2) is 24.6 Å². The van der Waals surface area contributed by atoms with E-state index < -0.39 is 24.4 Å². The van der Waals surface area contributed by atoms with E-state index in [0.717, 1.165) is 5.56 Å². The van der Waals surface area contributed by atoms with Gasteiger partial charge >= 0.3 is 6.03 Å². The molecule has 7 heteroatoms. The Bertz CT molecular complexity index is 518. The molecule has 1 aliphatic carbocycles. The molecule has 0 aliphatic heterocycles. The molecule has 0 heterocycles. The summed E-state index contributed by atoms with van der Waals surface area (Å²) in [4.78, 5) is 21.5. The molecular formula is C13H16FN3O3. The first-order valence-electron chi connectivity index (χ1n) is 6.28. The van der Waals surface area contributed by atoms with Crippen molar-refractivity contribution in [1.82, 2.24) is 10.6 Å². The van der Waals surface area contributed by atoms with Gasteiger partial charge in [-0.25, -0.2) is 9.18 Å². The minimum absolute atomic E-state index is 0.0419. The Morgan fingerprint density at radius 1 is 1.40 bits per heavy atom. The fraction of sp³-hybridized carbons (Fsp3) is 0.385. The number of carbonyl (C=O) groups is 2. The molecule has 0 spiro atoms. The van der Waals surface area contributed by atoms with E-state index in [1.165, 1.54) is 25.0 Å². The van der Waals surface area contributed by atoms with Crippen LogP contribution in [-0.2, 0) is 11.3 Å². The van der Waals surface area contributed by atoms with Gasteiger partial charge in [0.2, 0.25) is 0 Å². The van der Waals surface area contributed by atoms with Crippen LogP contribution in [0.2, 0.25) is 0 Å². The van der Waals surface area contributed by atoms with Crippen LogP contribution >= 0.6 is 0 Å². The highest BCUT2D eigenvalue weighted by molar-refractivity contribution is 5.94. The molecule has 0 unspecified atom stereocenters. The van der Waals surface area contributed by atoms with Crippen molar-refractivity contribution in [3.63, 3.8) is 0 Å². The number of halogens is 1. The number of ether oxygens (including phenoxy) is 1. The zero-order valence-corrected chi connectivity index (χ0v) is 10.8. The number of rotatable bonds is 6. The fourth-order valence-electron chi connectivity index (χ4n) is 1.64. The average molecular weight is 281 g/mol. The highest BCUT2D eigenvalue weighted by Crippen LogP contribution is 2.21. The third-order valence-electron chi connectivity index (χ3n) is 2.79. The van der Waals surface area contributed by atoms with E-state index in [4.69, 9.17) is 10.5 Å². The molecular weight excluding hydrogens is 265 g/mol. The van der Waals surface area contributed by atoms with Gasteiger partial charge in [0.25, 0.3) is 5.91 Å². The number of hydrogen-bond donors (Lipinski definition) is 3. The monoisotopic (exact) mass is 281 g/mol. The lowest BCUT2D eigenvalue weighted by Gasteiger charge is -2.08. The number of nitrogens with two attached hydrogens (primary N) is 1. The third-order valence-corrected chi connectivity index (χ3v) is 2.79. The van der Waals surface area contributed by atoms with Crippen molar-refractivity contribution in [2.75, 3.05) is 6.61 Å². The molecule has 0 atom stereocenters. The summed E-state index contributed by atoms with van der Waals surface area (Å²) in [6, 6.07) is 4.11. The molecule has 1 fully saturated rings. The first-order valence-corrected chi connectivity index (χ1v) is 6.28. The van der Waals surface area contributed by atoms with Crippen LogP contribution in [0.25, 0.3) is 0 Å². The summed E-state index contributed by atoms with van der Waals surface area (Å²) in [7, 11) is 0. The van der Waals surface area contributed by atoms with Gasteiger partial charge in [-0.15, -0.1) is 0 Å². The number of benzene rings is 1. The molecule has 2 rings (SSSR count). The fourth-order valence-corrected chi connectivity index (χ4v) is 1.64. The van der Waals surface area contributed by atoms with E-state index in [2.05, 4.69) is 5.32 Å². The molecule has 0 bridgehead atoms. The molecule has 4 N–H and O–H groups in total. The van der Waals surface area contributed by atoms with Crippen molar-refractivity contribution in [2.24, 2.45) is 5.73 Å². The van der Waals surface area contributed by atoms with E-state index in [1.807, 2.05) is 5.32 Å². The van der Waals surface area contributed by atoms with Crippen LogP contribution in [0.5, 0.6) is 5.75 Å². The number of nitrogens with one attached hydrogen (secondary N) is 2. The number of amides is 3. The van der Waals surface area contributed by atoms with E-state index in [1.54, 1.807) is 6.07 Å². The van der Waals surface area contributed by atoms with E-state index in [9.17, 15) is 14.0 Å². The molecule has 3 amide bonds. The van der Waals surface area contributed by atoms with Crippen LogP contribution in [0.3, 0.4) is 0 Å². The molecule has 20 heavy (non-hydrogen) atoms. The number of carbonyl (C=O) groups excluding carboxylic acids is 2. The van der Waals surface area contributed by atoms with Gasteiger partial charge in [-0.05, 0) is 30.5 Å². The minimum atomic E-state index is -0.972. The first kappa shape index (κ1) is 14.3. The summed E-state index contributed by atoms with van der Waals surface area (Å²) >= 11 is 0. The molecule has 6 nitrogen and oxygen atoms in total. The van der Waals surface area contributed by atoms with Crippen molar-refractivity contribution < 1.29 is 18.7 Å². The second-order valence-electron chi connectivity index (χ2n) is 4.62. The van der Waals surface area contributed by atoms with Crippen LogP contribution in [0.4, 0.5) is 9.18 Å². The zero-order valence-electron chi connectivity index (χ0n) is 10.8. The summed E-state index contributed by atoms with van der Waals surface area (Å²) in [6.45, 7) is 0.129. The second-order valence-corrected chi connectivity index (χ2v) is 4.62. The van der Waals surface area contributed by atoms with E-state index >= 15 is 0 Å². The van der Waals surface area contributed by atoms with E-state index in [0.29, 0.717) is 12.6 Å². The van der Waals surface area contributed by atoms with Crippen molar-refractivity contribution in [3.05, 3.63) is 29.6 Å². The largest absolute Gasteiger partial charge is 0.481 e. The van der Waals surface area contributed by atoms with Gasteiger partial charge in [-0.2, -0.15) is 0 Å². The van der Waals surface area contributed by atoms with Crippen LogP contribution in [0.15, 0.2) is 18.2 Å². The van der Waals surface area contributed by atoms with Crippen LogP contribution in [0, 0.1) is 5.82 Å². The van der Waals surface area contributed by atoms with Crippen LogP contribution in [0.1, 0.15) is 18.4 Å². The summed E-state index contributed by atoms with van der Waals surface area (Å²) in [5.74, 6) is -1.32. The predicted molar refractivity (Wildman–Crippen MR) is 69.5 cm³/mol. The number of imide groups is 1. The van der Waals surface area contributed by atoms with Crippen LogP contribution < -0.4 is 21.1 Å². The Labute approximate surface area is 115 Å². The molecule has 0 aromatic heterocycles.